The van der Waals surface area contributed by atoms with Crippen molar-refractivity contribution in [2.45, 2.75) is 32.4 Å². The summed E-state index contributed by atoms with van der Waals surface area (Å²) in [6, 6.07) is 5.22. The average Bonchev–Trinajstić information content (AvgIpc) is 2.13. The molecule has 0 saturated heterocycles. The quantitative estimate of drug-likeness (QED) is 0.776. The molecule has 2 N–H and O–H groups in total. The van der Waals surface area contributed by atoms with Crippen LogP contribution in [0.2, 0.25) is 10.3 Å². The van der Waals surface area contributed by atoms with Crippen LogP contribution in [0.3, 0.4) is 0 Å². The highest BCUT2D eigenvalue weighted by Gasteiger charge is 2.20. The van der Waals surface area contributed by atoms with Gasteiger partial charge in [-0.25, -0.2) is 0 Å². The molecule has 16 heavy (non-hydrogen) atoms. The lowest BCUT2D eigenvalue weighted by molar-refractivity contribution is 0.425. The van der Waals surface area contributed by atoms with Crippen LogP contribution in [-0.4, -0.2) is 24.4 Å². The highest BCUT2D eigenvalue weighted by atomic mass is 35.5. The van der Waals surface area contributed by atoms with E-state index in [-0.39, 0.29) is 5.31 Å². The maximum absolute atomic E-state index is 9.26. The highest BCUT2D eigenvalue weighted by molar-refractivity contribution is 6.60. The molecule has 0 aliphatic heterocycles. The Labute approximate surface area is 103 Å². The lowest BCUT2D eigenvalue weighted by Gasteiger charge is -2.18. The van der Waals surface area contributed by atoms with E-state index in [1.807, 2.05) is 0 Å². The first-order valence-corrected chi connectivity index (χ1v) is 5.82. The first-order valence-electron chi connectivity index (χ1n) is 5.45. The van der Waals surface area contributed by atoms with Gasteiger partial charge < -0.3 is 10.0 Å². The molecule has 0 fully saturated rings. The van der Waals surface area contributed by atoms with Gasteiger partial charge in [-0.1, -0.05) is 56.1 Å². The predicted molar refractivity (Wildman–Crippen MR) is 71.8 cm³/mol. The highest BCUT2D eigenvalue weighted by Crippen LogP contribution is 2.23. The molecule has 0 amide bonds. The predicted octanol–water partition coefficient (Wildman–Crippen LogP) is 1.17. The molecule has 0 heterocycles. The van der Waals surface area contributed by atoms with Gasteiger partial charge in [0.05, 0.1) is 0 Å². The van der Waals surface area contributed by atoms with Gasteiger partial charge in [0.1, 0.15) is 7.28 Å². The molecule has 1 aromatic carbocycles. The Hall–Kier alpha value is -0.440. The third kappa shape index (κ3) is 3.85. The molecule has 2 nitrogen and oxygen atoms in total. The Kier molecular flexibility index (Phi) is 4.48. The van der Waals surface area contributed by atoms with Gasteiger partial charge in [0, 0.05) is 5.02 Å². The summed E-state index contributed by atoms with van der Waals surface area (Å²) in [5.41, 5.74) is 1.35. The molecule has 0 saturated carbocycles. The summed E-state index contributed by atoms with van der Waals surface area (Å²) in [4.78, 5) is 0. The molecule has 86 valence electrons. The van der Waals surface area contributed by atoms with Crippen molar-refractivity contribution in [2.75, 3.05) is 0 Å². The normalized spacial score (nSPS) is 11.4. The van der Waals surface area contributed by atoms with E-state index in [9.17, 15) is 10.0 Å². The SMILES string of the molecule is CC(C)(C)BCc1c(Cl)cccc1B(O)O. The van der Waals surface area contributed by atoms with Gasteiger partial charge in [0.25, 0.3) is 0 Å². The minimum absolute atomic E-state index is 0.205. The van der Waals surface area contributed by atoms with Crippen LogP contribution in [0.4, 0.5) is 0 Å². The molecule has 1 rings (SSSR count). The second-order valence-corrected chi connectivity index (χ2v) is 5.65. The van der Waals surface area contributed by atoms with Crippen LogP contribution in [0.25, 0.3) is 0 Å². The van der Waals surface area contributed by atoms with Crippen molar-refractivity contribution in [2.24, 2.45) is 0 Å². The van der Waals surface area contributed by atoms with Crippen molar-refractivity contribution in [3.8, 4) is 0 Å². The maximum atomic E-state index is 9.26. The summed E-state index contributed by atoms with van der Waals surface area (Å²) in [5.74, 6) is 0. The summed E-state index contributed by atoms with van der Waals surface area (Å²) in [6.07, 6.45) is 0.760. The Morgan fingerprint density at radius 3 is 2.44 bits per heavy atom. The van der Waals surface area contributed by atoms with Crippen LogP contribution < -0.4 is 5.46 Å². The molecule has 0 atom stereocenters. The molecule has 0 bridgehead atoms. The topological polar surface area (TPSA) is 40.5 Å². The monoisotopic (exact) mass is 238 g/mol. The largest absolute Gasteiger partial charge is 0.488 e. The molecule has 0 spiro atoms. The number of hydrogen-bond donors (Lipinski definition) is 2. The van der Waals surface area contributed by atoms with E-state index < -0.39 is 7.12 Å². The fourth-order valence-electron chi connectivity index (χ4n) is 1.58. The minimum atomic E-state index is -1.45. The standard InChI is InChI=1S/C11H17B2ClO2/c1-11(2,3)12-7-8-9(13(15)16)5-4-6-10(8)14/h4-6,12,15-16H,7H2,1-3H3. The molecular formula is C11H17B2ClO2. The first-order chi connectivity index (χ1) is 7.31. The smallest absolute Gasteiger partial charge is 0.423 e. The Bertz CT molecular complexity index is 361. The number of halogens is 1. The van der Waals surface area contributed by atoms with Crippen LogP contribution in [0.15, 0.2) is 18.2 Å². The second-order valence-electron chi connectivity index (χ2n) is 5.24. The van der Waals surface area contributed by atoms with Gasteiger partial charge >= 0.3 is 7.12 Å². The van der Waals surface area contributed by atoms with Gasteiger partial charge in [-0.05, 0) is 17.1 Å². The van der Waals surface area contributed by atoms with Gasteiger partial charge in [0.2, 0.25) is 0 Å². The van der Waals surface area contributed by atoms with Crippen molar-refractivity contribution in [3.05, 3.63) is 28.8 Å². The molecule has 0 aromatic heterocycles. The van der Waals surface area contributed by atoms with Crippen LogP contribution >= 0.6 is 11.6 Å². The van der Waals surface area contributed by atoms with E-state index in [4.69, 9.17) is 11.6 Å². The van der Waals surface area contributed by atoms with Crippen molar-refractivity contribution < 1.29 is 10.0 Å². The molecular weight excluding hydrogens is 221 g/mol. The lowest BCUT2D eigenvalue weighted by Crippen LogP contribution is -2.34. The second kappa shape index (κ2) is 5.26. The summed E-state index contributed by atoms with van der Waals surface area (Å²) in [7, 11) is -0.495. The van der Waals surface area contributed by atoms with Gasteiger partial charge in [-0.2, -0.15) is 0 Å². The number of benzene rings is 1. The Balaban J connectivity index is 2.93. The van der Waals surface area contributed by atoms with E-state index >= 15 is 0 Å². The minimum Gasteiger partial charge on any atom is -0.423 e. The zero-order chi connectivity index (χ0) is 12.3. The first kappa shape index (κ1) is 13.6. The maximum Gasteiger partial charge on any atom is 0.488 e. The Morgan fingerprint density at radius 1 is 1.31 bits per heavy atom. The van der Waals surface area contributed by atoms with Crippen molar-refractivity contribution in [3.63, 3.8) is 0 Å². The number of hydrogen-bond acceptors (Lipinski definition) is 2. The molecule has 1 aromatic rings. The number of rotatable bonds is 3. The molecule has 5 heteroatoms. The Morgan fingerprint density at radius 2 is 1.94 bits per heavy atom. The average molecular weight is 238 g/mol. The summed E-state index contributed by atoms with van der Waals surface area (Å²) >= 11 is 6.08. The van der Waals surface area contributed by atoms with Crippen molar-refractivity contribution >= 4 is 31.5 Å². The zero-order valence-corrected chi connectivity index (χ0v) is 10.8. The summed E-state index contributed by atoms with van der Waals surface area (Å²) in [6.45, 7) is 6.46. The van der Waals surface area contributed by atoms with Crippen molar-refractivity contribution in [1.82, 2.24) is 0 Å². The van der Waals surface area contributed by atoms with E-state index in [2.05, 4.69) is 20.8 Å². The third-order valence-electron chi connectivity index (χ3n) is 2.56. The van der Waals surface area contributed by atoms with Crippen molar-refractivity contribution in [1.29, 1.82) is 0 Å². The molecule has 0 unspecified atom stereocenters. The summed E-state index contributed by atoms with van der Waals surface area (Å²) < 4.78 is 0. The van der Waals surface area contributed by atoms with E-state index in [0.717, 1.165) is 19.2 Å². The summed E-state index contributed by atoms with van der Waals surface area (Å²) in [5, 5.41) is 19.3. The van der Waals surface area contributed by atoms with E-state index in [1.54, 1.807) is 18.2 Å². The molecule has 0 radical (unpaired) electrons. The van der Waals surface area contributed by atoms with Gasteiger partial charge in [-0.3, -0.25) is 0 Å². The fraction of sp³-hybridized carbons (Fsp3) is 0.455. The third-order valence-corrected chi connectivity index (χ3v) is 2.91. The van der Waals surface area contributed by atoms with E-state index in [1.165, 1.54) is 0 Å². The lowest BCUT2D eigenvalue weighted by atomic mass is 9.51. The van der Waals surface area contributed by atoms with Gasteiger partial charge in [0.15, 0.2) is 0 Å². The van der Waals surface area contributed by atoms with Gasteiger partial charge in [-0.15, -0.1) is 0 Å². The zero-order valence-electron chi connectivity index (χ0n) is 10.00. The van der Waals surface area contributed by atoms with Crippen LogP contribution in [0, 0.1) is 0 Å². The van der Waals surface area contributed by atoms with Crippen LogP contribution in [0.5, 0.6) is 0 Å². The van der Waals surface area contributed by atoms with Crippen LogP contribution in [-0.2, 0) is 6.32 Å². The molecule has 0 aliphatic rings. The molecule has 0 aliphatic carbocycles. The van der Waals surface area contributed by atoms with Crippen LogP contribution in [0.1, 0.15) is 26.3 Å². The van der Waals surface area contributed by atoms with E-state index in [0.29, 0.717) is 10.5 Å². The fourth-order valence-corrected chi connectivity index (χ4v) is 1.86.